The van der Waals surface area contributed by atoms with Crippen LogP contribution in [0.3, 0.4) is 0 Å². The van der Waals surface area contributed by atoms with Crippen LogP contribution in [0.1, 0.15) is 66.2 Å². The number of nitrogens with zero attached hydrogens (tertiary/aromatic N) is 4. The Morgan fingerprint density at radius 3 is 2.40 bits per heavy atom. The van der Waals surface area contributed by atoms with E-state index in [0.29, 0.717) is 23.1 Å². The number of carbonyl (C=O) groups excluding carboxylic acids is 2. The summed E-state index contributed by atoms with van der Waals surface area (Å²) in [6.07, 6.45) is 5.71. The van der Waals surface area contributed by atoms with Crippen LogP contribution in [0.15, 0.2) is 67.1 Å². The van der Waals surface area contributed by atoms with Crippen molar-refractivity contribution < 1.29 is 27.5 Å². The lowest BCUT2D eigenvalue weighted by molar-refractivity contribution is -0.615. The van der Waals surface area contributed by atoms with Crippen molar-refractivity contribution >= 4 is 23.4 Å². The average molecular weight is 638 g/mol. The number of halogens is 4. The van der Waals surface area contributed by atoms with Gasteiger partial charge in [0.1, 0.15) is 11.9 Å². The van der Waals surface area contributed by atoms with E-state index in [1.165, 1.54) is 12.1 Å². The highest BCUT2D eigenvalue weighted by molar-refractivity contribution is 6.31. The highest BCUT2D eigenvalue weighted by atomic mass is 35.5. The zero-order valence-corrected chi connectivity index (χ0v) is 25.0. The van der Waals surface area contributed by atoms with Crippen LogP contribution < -0.4 is 10.5 Å². The zero-order chi connectivity index (χ0) is 31.8. The molecular formula is C33H31ClF3N5O3. The average Bonchev–Trinajstić information content (AvgIpc) is 3.64. The van der Waals surface area contributed by atoms with Crippen LogP contribution in [0.4, 0.5) is 13.2 Å². The molecule has 2 fully saturated rings. The van der Waals surface area contributed by atoms with Gasteiger partial charge in [-0.05, 0) is 67.9 Å². The van der Waals surface area contributed by atoms with Gasteiger partial charge in [0.05, 0.1) is 16.8 Å². The predicted molar refractivity (Wildman–Crippen MR) is 162 cm³/mol. The van der Waals surface area contributed by atoms with Crippen LogP contribution in [0, 0.1) is 22.9 Å². The molecule has 1 unspecified atom stereocenters. The second-order valence-corrected chi connectivity index (χ2v) is 12.1. The molecule has 8 nitrogen and oxygen atoms in total. The minimum atomic E-state index is -2.98. The van der Waals surface area contributed by atoms with Gasteiger partial charge in [-0.25, -0.2) is 13.2 Å². The monoisotopic (exact) mass is 637 g/mol. The fraction of sp³-hybridized carbons (Fsp3) is 0.333. The Kier molecular flexibility index (Phi) is 8.54. The summed E-state index contributed by atoms with van der Waals surface area (Å²) in [5.74, 6) is -1.57. The van der Waals surface area contributed by atoms with E-state index >= 15 is 0 Å². The van der Waals surface area contributed by atoms with Crippen molar-refractivity contribution in [3.05, 3.63) is 100.0 Å². The number of benzene rings is 2. The van der Waals surface area contributed by atoms with Crippen molar-refractivity contribution in [2.75, 3.05) is 13.1 Å². The number of primary amides is 1. The Labute approximate surface area is 262 Å². The molecule has 0 radical (unpaired) electrons. The van der Waals surface area contributed by atoms with E-state index in [1.807, 2.05) is 4.90 Å². The predicted octanol–water partition coefficient (Wildman–Crippen LogP) is 6.31. The highest BCUT2D eigenvalue weighted by Gasteiger charge is 2.47. The summed E-state index contributed by atoms with van der Waals surface area (Å²) in [5, 5.41) is 17.8. The Morgan fingerprint density at radius 1 is 1.02 bits per heavy atom. The Morgan fingerprint density at radius 2 is 1.73 bits per heavy atom. The summed E-state index contributed by atoms with van der Waals surface area (Å²) < 4.78 is 44.8. The molecule has 12 heteroatoms. The number of pyridine rings is 1. The molecule has 234 valence electrons. The van der Waals surface area contributed by atoms with Crippen molar-refractivity contribution in [2.24, 2.45) is 17.6 Å². The third-order valence-corrected chi connectivity index (χ3v) is 9.09. The lowest BCUT2D eigenvalue weighted by atomic mass is 9.98. The summed E-state index contributed by atoms with van der Waals surface area (Å²) >= 11 is 5.91. The van der Waals surface area contributed by atoms with Crippen molar-refractivity contribution in [1.82, 2.24) is 14.7 Å². The molecule has 4 aromatic rings. The maximum atomic E-state index is 15.0. The summed E-state index contributed by atoms with van der Waals surface area (Å²) in [5.41, 5.74) is 6.44. The van der Waals surface area contributed by atoms with Gasteiger partial charge in [-0.15, -0.1) is 0 Å². The maximum absolute atomic E-state index is 15.0. The number of alkyl halides is 2. The fourth-order valence-corrected chi connectivity index (χ4v) is 6.39. The van der Waals surface area contributed by atoms with Crippen molar-refractivity contribution in [3.8, 4) is 22.3 Å². The Bertz CT molecular complexity index is 1740. The smallest absolute Gasteiger partial charge is 0.264 e. The normalized spacial score (nSPS) is 18.6. The minimum Gasteiger partial charge on any atom is -0.618 e. The minimum absolute atomic E-state index is 0.0161. The van der Waals surface area contributed by atoms with Gasteiger partial charge in [0, 0.05) is 53.5 Å². The molecule has 2 aromatic heterocycles. The number of piperidine rings is 1. The van der Waals surface area contributed by atoms with Crippen molar-refractivity contribution in [2.45, 2.75) is 44.6 Å². The fourth-order valence-electron chi connectivity index (χ4n) is 6.23. The maximum Gasteiger partial charge on any atom is 0.264 e. The molecule has 6 rings (SSSR count). The van der Waals surface area contributed by atoms with Crippen LogP contribution in [0.2, 0.25) is 5.02 Å². The van der Waals surface area contributed by atoms with E-state index in [9.17, 15) is 28.0 Å². The third kappa shape index (κ3) is 6.26. The van der Waals surface area contributed by atoms with E-state index < -0.39 is 35.3 Å². The second kappa shape index (κ2) is 12.5. The molecule has 2 N–H and O–H groups in total. The van der Waals surface area contributed by atoms with Crippen LogP contribution in [0.5, 0.6) is 0 Å². The molecule has 2 amide bonds. The van der Waals surface area contributed by atoms with E-state index in [1.54, 1.807) is 41.3 Å². The lowest BCUT2D eigenvalue weighted by Gasteiger charge is -2.27. The van der Waals surface area contributed by atoms with Gasteiger partial charge in [-0.1, -0.05) is 29.8 Å². The Hall–Kier alpha value is -4.38. The first-order valence-corrected chi connectivity index (χ1v) is 15.2. The van der Waals surface area contributed by atoms with Crippen LogP contribution in [-0.4, -0.2) is 39.6 Å². The van der Waals surface area contributed by atoms with Crippen molar-refractivity contribution in [3.63, 3.8) is 0 Å². The quantitative estimate of drug-likeness (QED) is 0.171. The topological polar surface area (TPSA) is 108 Å². The van der Waals surface area contributed by atoms with Crippen LogP contribution >= 0.6 is 11.6 Å². The van der Waals surface area contributed by atoms with Gasteiger partial charge in [0.2, 0.25) is 17.5 Å². The summed E-state index contributed by atoms with van der Waals surface area (Å²) in [4.78, 5) is 26.6. The van der Waals surface area contributed by atoms with Crippen molar-refractivity contribution in [1.29, 1.82) is 0 Å². The van der Waals surface area contributed by atoms with E-state index in [0.717, 1.165) is 61.8 Å². The number of aromatic nitrogens is 3. The number of rotatable bonds is 9. The number of hydrogen-bond acceptors (Lipinski definition) is 4. The van der Waals surface area contributed by atoms with Gasteiger partial charge in [0.25, 0.3) is 6.43 Å². The largest absolute Gasteiger partial charge is 0.618 e. The molecule has 1 saturated heterocycles. The first-order valence-electron chi connectivity index (χ1n) is 14.8. The molecular weight excluding hydrogens is 607 g/mol. The lowest BCUT2D eigenvalue weighted by Crippen LogP contribution is -2.37. The van der Waals surface area contributed by atoms with Gasteiger partial charge in [-0.2, -0.15) is 9.83 Å². The SMILES string of the molecule is NC(=O)c1ccc(-c2cnn([C@H](CC3C[C@@H]3C(=O)N3CCCCC3)c3ccc(-c4c(C(F)F)ccc(Cl)c4F)c[n+]3[O-])c2)cc1. The first kappa shape index (κ1) is 30.6. The van der Waals surface area contributed by atoms with Gasteiger partial charge in [-0.3, -0.25) is 14.3 Å². The molecule has 45 heavy (non-hydrogen) atoms. The highest BCUT2D eigenvalue weighted by Crippen LogP contribution is 2.47. The number of hydrogen-bond donors (Lipinski definition) is 1. The first-order chi connectivity index (χ1) is 21.6. The molecule has 2 aliphatic rings. The van der Waals surface area contributed by atoms with Crippen LogP contribution in [-0.2, 0) is 4.79 Å². The summed E-state index contributed by atoms with van der Waals surface area (Å²) in [6, 6.07) is 11.1. The van der Waals surface area contributed by atoms with E-state index in [4.69, 9.17) is 17.3 Å². The van der Waals surface area contributed by atoms with Gasteiger partial charge < -0.3 is 15.8 Å². The van der Waals surface area contributed by atoms with Gasteiger partial charge >= 0.3 is 0 Å². The Balaban J connectivity index is 1.33. The third-order valence-electron chi connectivity index (χ3n) is 8.79. The molecule has 1 saturated carbocycles. The standard InChI is InChI=1S/C33H31ClF3N5O3/c34-26-10-9-24(31(36)37)29(30(26)35)21-8-11-27(42(45)18-21)28(15-22-14-25(22)33(44)40-12-2-1-3-13-40)41-17-23(16-39-41)19-4-6-20(7-5-19)32(38)43/h4-11,16-18,22,25,28,31H,1-3,12-15H2,(H2,38,43)/t22?,25-,28+/m0/s1. The summed E-state index contributed by atoms with van der Waals surface area (Å²) in [7, 11) is 0. The van der Waals surface area contributed by atoms with E-state index in [2.05, 4.69) is 5.10 Å². The number of likely N-dealkylation sites (tertiary alicyclic amines) is 1. The summed E-state index contributed by atoms with van der Waals surface area (Å²) in [6.45, 7) is 1.51. The number of amides is 2. The molecule has 0 spiro atoms. The molecule has 1 aliphatic carbocycles. The molecule has 2 aromatic carbocycles. The molecule has 1 aliphatic heterocycles. The number of nitrogens with two attached hydrogens (primary N) is 1. The second-order valence-electron chi connectivity index (χ2n) is 11.7. The number of carbonyl (C=O) groups is 2. The molecule has 3 heterocycles. The molecule has 3 atom stereocenters. The van der Waals surface area contributed by atoms with Gasteiger partial charge in [0.15, 0.2) is 6.20 Å². The molecule has 0 bridgehead atoms. The van der Waals surface area contributed by atoms with Crippen LogP contribution in [0.25, 0.3) is 22.3 Å². The van der Waals surface area contributed by atoms with E-state index in [-0.39, 0.29) is 34.0 Å². The zero-order valence-electron chi connectivity index (χ0n) is 24.2.